The maximum atomic E-state index is 10.2. The fourth-order valence-corrected chi connectivity index (χ4v) is 2.58. The highest BCUT2D eigenvalue weighted by Crippen LogP contribution is 2.41. The molecule has 0 aliphatic carbocycles. The second kappa shape index (κ2) is 4.93. The Labute approximate surface area is 111 Å². The zero-order chi connectivity index (χ0) is 14.1. The van der Waals surface area contributed by atoms with Crippen LogP contribution in [0.2, 0.25) is 0 Å². The topological polar surface area (TPSA) is 40.5 Å². The molecule has 0 saturated heterocycles. The monoisotopic (exact) mass is 250 g/mol. The maximum absolute atomic E-state index is 10.2. The molecule has 0 atom stereocenters. The summed E-state index contributed by atoms with van der Waals surface area (Å²) in [5.41, 5.74) is 3.14. The van der Waals surface area contributed by atoms with E-state index in [1.807, 2.05) is 6.07 Å². The van der Waals surface area contributed by atoms with Gasteiger partial charge in [-0.25, -0.2) is 0 Å². The van der Waals surface area contributed by atoms with Gasteiger partial charge in [-0.05, 0) is 34.4 Å². The zero-order valence-corrected chi connectivity index (χ0v) is 12.5. The molecule has 1 rings (SSSR count). The number of benzene rings is 1. The number of aromatic hydroxyl groups is 1. The number of phenolic OH excluding ortho intramolecular Hbond substituents is 1. The minimum atomic E-state index is -0.113. The van der Waals surface area contributed by atoms with E-state index in [9.17, 15) is 10.2 Å². The van der Waals surface area contributed by atoms with Gasteiger partial charge in [-0.1, -0.05) is 47.6 Å². The predicted octanol–water partition coefficient (Wildman–Crippen LogP) is 3.52. The highest BCUT2D eigenvalue weighted by Gasteiger charge is 2.30. The Morgan fingerprint density at radius 3 is 1.78 bits per heavy atom. The number of hydrogen-bond donors (Lipinski definition) is 2. The predicted molar refractivity (Wildman–Crippen MR) is 76.3 cm³/mol. The fourth-order valence-electron chi connectivity index (χ4n) is 2.58. The third-order valence-electron chi connectivity index (χ3n) is 3.15. The van der Waals surface area contributed by atoms with E-state index in [-0.39, 0.29) is 17.4 Å². The van der Waals surface area contributed by atoms with Crippen molar-refractivity contribution in [1.82, 2.24) is 0 Å². The van der Waals surface area contributed by atoms with Crippen LogP contribution >= 0.6 is 0 Å². The van der Waals surface area contributed by atoms with Gasteiger partial charge in [0.2, 0.25) is 0 Å². The van der Waals surface area contributed by atoms with E-state index in [2.05, 4.69) is 41.5 Å². The SMILES string of the molecule is CC(C)(C)c1c(O)ccc(CCO)c1C(C)(C)C. The van der Waals surface area contributed by atoms with E-state index in [0.29, 0.717) is 12.2 Å². The first-order valence-corrected chi connectivity index (χ1v) is 6.55. The van der Waals surface area contributed by atoms with Gasteiger partial charge in [0.25, 0.3) is 0 Å². The lowest BCUT2D eigenvalue weighted by Gasteiger charge is -2.33. The van der Waals surface area contributed by atoms with Crippen LogP contribution in [0.15, 0.2) is 12.1 Å². The van der Waals surface area contributed by atoms with Gasteiger partial charge in [-0.15, -0.1) is 0 Å². The Morgan fingerprint density at radius 1 is 0.889 bits per heavy atom. The number of aliphatic hydroxyl groups is 1. The van der Waals surface area contributed by atoms with E-state index >= 15 is 0 Å². The Hall–Kier alpha value is -1.02. The van der Waals surface area contributed by atoms with Gasteiger partial charge in [-0.2, -0.15) is 0 Å². The average Bonchev–Trinajstić information content (AvgIpc) is 2.17. The quantitative estimate of drug-likeness (QED) is 0.843. The molecule has 0 bridgehead atoms. The van der Waals surface area contributed by atoms with Crippen molar-refractivity contribution in [3.63, 3.8) is 0 Å². The molecule has 1 aromatic carbocycles. The molecule has 2 nitrogen and oxygen atoms in total. The molecule has 0 radical (unpaired) electrons. The van der Waals surface area contributed by atoms with E-state index in [1.165, 1.54) is 5.56 Å². The van der Waals surface area contributed by atoms with Crippen LogP contribution < -0.4 is 0 Å². The van der Waals surface area contributed by atoms with Crippen molar-refractivity contribution >= 4 is 0 Å². The van der Waals surface area contributed by atoms with Crippen LogP contribution in [0, 0.1) is 0 Å². The minimum absolute atomic E-state index is 0.0497. The molecule has 0 aromatic heterocycles. The molecule has 0 heterocycles. The van der Waals surface area contributed by atoms with Crippen molar-refractivity contribution in [1.29, 1.82) is 0 Å². The van der Waals surface area contributed by atoms with Gasteiger partial charge in [0.15, 0.2) is 0 Å². The van der Waals surface area contributed by atoms with Crippen molar-refractivity contribution in [3.05, 3.63) is 28.8 Å². The summed E-state index contributed by atoms with van der Waals surface area (Å²) in [6.07, 6.45) is 0.635. The largest absolute Gasteiger partial charge is 0.508 e. The number of rotatable bonds is 2. The van der Waals surface area contributed by atoms with Crippen LogP contribution in [0.5, 0.6) is 5.75 Å². The molecule has 2 N–H and O–H groups in total. The first-order valence-electron chi connectivity index (χ1n) is 6.55. The van der Waals surface area contributed by atoms with Crippen molar-refractivity contribution in [3.8, 4) is 5.75 Å². The van der Waals surface area contributed by atoms with Gasteiger partial charge in [0.05, 0.1) is 0 Å². The molecule has 0 aliphatic heterocycles. The third-order valence-corrected chi connectivity index (χ3v) is 3.15. The molecule has 0 saturated carbocycles. The van der Waals surface area contributed by atoms with E-state index in [1.54, 1.807) is 6.07 Å². The van der Waals surface area contributed by atoms with Crippen molar-refractivity contribution in [2.45, 2.75) is 58.8 Å². The Bertz CT molecular complexity index is 420. The maximum Gasteiger partial charge on any atom is 0.119 e. The lowest BCUT2D eigenvalue weighted by atomic mass is 9.72. The molecular weight excluding hydrogens is 224 g/mol. The third kappa shape index (κ3) is 3.05. The Balaban J connectivity index is 3.62. The molecule has 1 aromatic rings. The summed E-state index contributed by atoms with van der Waals surface area (Å²) in [7, 11) is 0. The molecule has 18 heavy (non-hydrogen) atoms. The van der Waals surface area contributed by atoms with Crippen LogP contribution in [0.3, 0.4) is 0 Å². The number of hydrogen-bond acceptors (Lipinski definition) is 2. The van der Waals surface area contributed by atoms with Crippen LogP contribution in [-0.2, 0) is 17.3 Å². The molecule has 0 aliphatic rings. The number of phenols is 1. The van der Waals surface area contributed by atoms with Crippen molar-refractivity contribution in [2.24, 2.45) is 0 Å². The Kier molecular flexibility index (Phi) is 4.12. The Morgan fingerprint density at radius 2 is 1.39 bits per heavy atom. The summed E-state index contributed by atoms with van der Waals surface area (Å²) in [5, 5.41) is 19.4. The second-order valence-corrected chi connectivity index (χ2v) is 6.97. The molecule has 2 heteroatoms. The van der Waals surface area contributed by atoms with E-state index < -0.39 is 0 Å². The van der Waals surface area contributed by atoms with Crippen molar-refractivity contribution < 1.29 is 10.2 Å². The number of aliphatic hydroxyl groups excluding tert-OH is 1. The van der Waals surface area contributed by atoms with Gasteiger partial charge in [0.1, 0.15) is 5.75 Å². The van der Waals surface area contributed by atoms with Gasteiger partial charge in [0, 0.05) is 12.2 Å². The fraction of sp³-hybridized carbons (Fsp3) is 0.625. The summed E-state index contributed by atoms with van der Waals surface area (Å²) < 4.78 is 0. The zero-order valence-electron chi connectivity index (χ0n) is 12.5. The molecule has 0 unspecified atom stereocenters. The average molecular weight is 250 g/mol. The second-order valence-electron chi connectivity index (χ2n) is 6.97. The normalized spacial score (nSPS) is 12.8. The molecular formula is C16H26O2. The smallest absolute Gasteiger partial charge is 0.119 e. The lowest BCUT2D eigenvalue weighted by Crippen LogP contribution is -2.24. The highest BCUT2D eigenvalue weighted by molar-refractivity contribution is 5.51. The van der Waals surface area contributed by atoms with Crippen molar-refractivity contribution in [2.75, 3.05) is 6.61 Å². The van der Waals surface area contributed by atoms with Crippen LogP contribution in [-0.4, -0.2) is 16.8 Å². The van der Waals surface area contributed by atoms with Gasteiger partial charge >= 0.3 is 0 Å². The molecule has 0 amide bonds. The lowest BCUT2D eigenvalue weighted by molar-refractivity contribution is 0.298. The van der Waals surface area contributed by atoms with Gasteiger partial charge in [-0.3, -0.25) is 0 Å². The van der Waals surface area contributed by atoms with Crippen LogP contribution in [0.25, 0.3) is 0 Å². The summed E-state index contributed by atoms with van der Waals surface area (Å²) in [6.45, 7) is 12.9. The first kappa shape index (κ1) is 15.0. The van der Waals surface area contributed by atoms with E-state index in [0.717, 1.165) is 11.1 Å². The van der Waals surface area contributed by atoms with Gasteiger partial charge < -0.3 is 10.2 Å². The molecule has 102 valence electrons. The highest BCUT2D eigenvalue weighted by atomic mass is 16.3. The minimum Gasteiger partial charge on any atom is -0.508 e. The first-order chi connectivity index (χ1) is 8.09. The summed E-state index contributed by atoms with van der Waals surface area (Å²) in [5.74, 6) is 0.356. The van der Waals surface area contributed by atoms with E-state index in [4.69, 9.17) is 0 Å². The summed E-state index contributed by atoms with van der Waals surface area (Å²) in [6, 6.07) is 3.68. The summed E-state index contributed by atoms with van der Waals surface area (Å²) in [4.78, 5) is 0. The standard InChI is InChI=1S/C16H26O2/c1-15(2,3)13-11(9-10-17)7-8-12(18)14(13)16(4,5)6/h7-8,17-18H,9-10H2,1-6H3. The molecule has 0 spiro atoms. The van der Waals surface area contributed by atoms with Crippen LogP contribution in [0.1, 0.15) is 58.2 Å². The summed E-state index contributed by atoms with van der Waals surface area (Å²) >= 11 is 0. The van der Waals surface area contributed by atoms with Crippen LogP contribution in [0.4, 0.5) is 0 Å². The molecule has 0 fully saturated rings.